The number of ether oxygens (including phenoxy) is 1. The molecule has 1 saturated carbocycles. The molecule has 0 bridgehead atoms. The van der Waals surface area contributed by atoms with E-state index in [1.54, 1.807) is 0 Å². The molecule has 2 fully saturated rings. The van der Waals surface area contributed by atoms with Gasteiger partial charge in [0, 0.05) is 37.8 Å². The van der Waals surface area contributed by atoms with E-state index in [0.717, 1.165) is 32.8 Å². The van der Waals surface area contributed by atoms with Gasteiger partial charge < -0.3 is 15.4 Å². The van der Waals surface area contributed by atoms with Crippen molar-refractivity contribution in [3.8, 4) is 0 Å². The van der Waals surface area contributed by atoms with Crippen molar-refractivity contribution >= 4 is 0 Å². The Balaban J connectivity index is 1.53. The first-order valence-electron chi connectivity index (χ1n) is 9.96. The van der Waals surface area contributed by atoms with Gasteiger partial charge in [-0.05, 0) is 50.8 Å². The number of nitrogens with one attached hydrogen (secondary N) is 2. The van der Waals surface area contributed by atoms with Crippen molar-refractivity contribution in [1.82, 2.24) is 15.5 Å². The van der Waals surface area contributed by atoms with Crippen LogP contribution in [0.4, 0.5) is 0 Å². The van der Waals surface area contributed by atoms with Gasteiger partial charge in [-0.2, -0.15) is 0 Å². The maximum Gasteiger partial charge on any atom is 0.0623 e. The standard InChI is InChI=1S/C21H35N3O/c1-16(2)24(3)14-18-7-4-6-17(12-18)13-23-20-9-5-8-19(20)21-15-25-11-10-22-21/h4,6-7,12,16,19-23H,5,8-11,13-15H2,1-3H3. The summed E-state index contributed by atoms with van der Waals surface area (Å²) in [5.74, 6) is 0.704. The van der Waals surface area contributed by atoms with E-state index in [9.17, 15) is 0 Å². The van der Waals surface area contributed by atoms with Crippen molar-refractivity contribution in [3.63, 3.8) is 0 Å². The van der Waals surface area contributed by atoms with E-state index in [1.807, 2.05) is 0 Å². The molecular formula is C21H35N3O. The predicted octanol–water partition coefficient (Wildman–Crippen LogP) is 2.77. The summed E-state index contributed by atoms with van der Waals surface area (Å²) in [5, 5.41) is 7.50. The first-order valence-corrected chi connectivity index (χ1v) is 9.96. The highest BCUT2D eigenvalue weighted by molar-refractivity contribution is 5.23. The Bertz CT molecular complexity index is 528. The zero-order valence-corrected chi connectivity index (χ0v) is 16.1. The third kappa shape index (κ3) is 5.27. The van der Waals surface area contributed by atoms with Crippen LogP contribution < -0.4 is 10.6 Å². The molecule has 0 radical (unpaired) electrons. The lowest BCUT2D eigenvalue weighted by Crippen LogP contribution is -2.50. The molecule has 3 atom stereocenters. The lowest BCUT2D eigenvalue weighted by Gasteiger charge is -2.33. The van der Waals surface area contributed by atoms with Gasteiger partial charge >= 0.3 is 0 Å². The highest BCUT2D eigenvalue weighted by Gasteiger charge is 2.34. The second kappa shape index (κ2) is 9.13. The van der Waals surface area contributed by atoms with Crippen molar-refractivity contribution in [2.45, 2.75) is 64.3 Å². The maximum atomic E-state index is 5.68. The molecule has 0 spiro atoms. The summed E-state index contributed by atoms with van der Waals surface area (Å²) >= 11 is 0. The monoisotopic (exact) mass is 345 g/mol. The lowest BCUT2D eigenvalue weighted by atomic mass is 9.94. The Labute approximate surface area is 153 Å². The average Bonchev–Trinajstić information content (AvgIpc) is 3.09. The number of hydrogen-bond donors (Lipinski definition) is 2. The van der Waals surface area contributed by atoms with Crippen LogP contribution in [0.1, 0.15) is 44.2 Å². The molecule has 25 heavy (non-hydrogen) atoms. The molecule has 4 nitrogen and oxygen atoms in total. The smallest absolute Gasteiger partial charge is 0.0623 e. The average molecular weight is 346 g/mol. The molecule has 1 aliphatic heterocycles. The Morgan fingerprint density at radius 1 is 1.28 bits per heavy atom. The van der Waals surface area contributed by atoms with Crippen LogP contribution in [-0.2, 0) is 17.8 Å². The summed E-state index contributed by atoms with van der Waals surface area (Å²) in [7, 11) is 2.19. The minimum absolute atomic E-state index is 0.528. The summed E-state index contributed by atoms with van der Waals surface area (Å²) < 4.78 is 5.68. The maximum absolute atomic E-state index is 5.68. The highest BCUT2D eigenvalue weighted by atomic mass is 16.5. The topological polar surface area (TPSA) is 36.5 Å². The third-order valence-electron chi connectivity index (χ3n) is 5.91. The Morgan fingerprint density at radius 2 is 2.12 bits per heavy atom. The van der Waals surface area contributed by atoms with E-state index in [4.69, 9.17) is 4.74 Å². The summed E-state index contributed by atoms with van der Waals surface area (Å²) in [4.78, 5) is 2.38. The summed E-state index contributed by atoms with van der Waals surface area (Å²) in [6, 6.07) is 10.8. The van der Waals surface area contributed by atoms with Crippen molar-refractivity contribution in [1.29, 1.82) is 0 Å². The Morgan fingerprint density at radius 3 is 2.88 bits per heavy atom. The van der Waals surface area contributed by atoms with E-state index in [2.05, 4.69) is 60.7 Å². The third-order valence-corrected chi connectivity index (χ3v) is 5.91. The van der Waals surface area contributed by atoms with Crippen LogP contribution in [0.5, 0.6) is 0 Å². The van der Waals surface area contributed by atoms with Gasteiger partial charge in [0.15, 0.2) is 0 Å². The van der Waals surface area contributed by atoms with Crippen molar-refractivity contribution in [2.24, 2.45) is 5.92 Å². The van der Waals surface area contributed by atoms with E-state index in [-0.39, 0.29) is 0 Å². The number of hydrogen-bond acceptors (Lipinski definition) is 4. The normalized spacial score (nSPS) is 27.3. The molecule has 2 N–H and O–H groups in total. The van der Waals surface area contributed by atoms with Crippen LogP contribution in [0.2, 0.25) is 0 Å². The highest BCUT2D eigenvalue weighted by Crippen LogP contribution is 2.29. The lowest BCUT2D eigenvalue weighted by molar-refractivity contribution is 0.0524. The van der Waals surface area contributed by atoms with Gasteiger partial charge in [-0.1, -0.05) is 30.7 Å². The van der Waals surface area contributed by atoms with E-state index >= 15 is 0 Å². The minimum atomic E-state index is 0.528. The fourth-order valence-corrected chi connectivity index (χ4v) is 4.14. The van der Waals surface area contributed by atoms with Gasteiger partial charge in [-0.15, -0.1) is 0 Å². The van der Waals surface area contributed by atoms with Gasteiger partial charge in [0.05, 0.1) is 13.2 Å². The van der Waals surface area contributed by atoms with Crippen LogP contribution in [0.3, 0.4) is 0 Å². The number of morpholine rings is 1. The molecule has 1 heterocycles. The molecule has 1 saturated heterocycles. The molecule has 0 aromatic heterocycles. The molecule has 140 valence electrons. The summed E-state index contributed by atoms with van der Waals surface area (Å²) in [5.41, 5.74) is 2.80. The fourth-order valence-electron chi connectivity index (χ4n) is 4.14. The van der Waals surface area contributed by atoms with Gasteiger partial charge in [0.25, 0.3) is 0 Å². The number of benzene rings is 1. The summed E-state index contributed by atoms with van der Waals surface area (Å²) in [6.07, 6.45) is 3.94. The van der Waals surface area contributed by atoms with Crippen molar-refractivity contribution in [2.75, 3.05) is 26.8 Å². The van der Waals surface area contributed by atoms with Crippen LogP contribution in [0.25, 0.3) is 0 Å². The largest absolute Gasteiger partial charge is 0.379 e. The van der Waals surface area contributed by atoms with Gasteiger partial charge in [0.2, 0.25) is 0 Å². The Kier molecular flexibility index (Phi) is 6.88. The van der Waals surface area contributed by atoms with Crippen molar-refractivity contribution < 1.29 is 4.74 Å². The van der Waals surface area contributed by atoms with Gasteiger partial charge in [-0.3, -0.25) is 4.90 Å². The molecule has 3 unspecified atom stereocenters. The minimum Gasteiger partial charge on any atom is -0.379 e. The van der Waals surface area contributed by atoms with Crippen LogP contribution in [0, 0.1) is 5.92 Å². The second-order valence-corrected chi connectivity index (χ2v) is 8.05. The number of rotatable bonds is 7. The predicted molar refractivity (Wildman–Crippen MR) is 104 cm³/mol. The van der Waals surface area contributed by atoms with E-state index < -0.39 is 0 Å². The molecular weight excluding hydrogens is 310 g/mol. The van der Waals surface area contributed by atoms with Gasteiger partial charge in [0.1, 0.15) is 0 Å². The SMILES string of the molecule is CC(C)N(C)Cc1cccc(CNC2CCCC2C2COCCN2)c1. The zero-order chi connectivity index (χ0) is 17.6. The quantitative estimate of drug-likeness (QED) is 0.797. The molecule has 1 aliphatic carbocycles. The van der Waals surface area contributed by atoms with E-state index in [0.29, 0.717) is 24.0 Å². The van der Waals surface area contributed by atoms with Crippen LogP contribution in [0.15, 0.2) is 24.3 Å². The fraction of sp³-hybridized carbons (Fsp3) is 0.714. The van der Waals surface area contributed by atoms with Crippen molar-refractivity contribution in [3.05, 3.63) is 35.4 Å². The molecule has 1 aromatic rings. The second-order valence-electron chi connectivity index (χ2n) is 8.05. The molecule has 3 rings (SSSR count). The molecule has 4 heteroatoms. The molecule has 0 amide bonds. The zero-order valence-electron chi connectivity index (χ0n) is 16.1. The molecule has 1 aromatic carbocycles. The number of nitrogens with zero attached hydrogens (tertiary/aromatic N) is 1. The van der Waals surface area contributed by atoms with Crippen LogP contribution in [-0.4, -0.2) is 49.8 Å². The summed E-state index contributed by atoms with van der Waals surface area (Å²) in [6.45, 7) is 9.20. The molecule has 2 aliphatic rings. The Hall–Kier alpha value is -0.940. The van der Waals surface area contributed by atoms with Crippen LogP contribution >= 0.6 is 0 Å². The first-order chi connectivity index (χ1) is 12.1. The first kappa shape index (κ1) is 18.8. The van der Waals surface area contributed by atoms with Gasteiger partial charge in [-0.25, -0.2) is 0 Å². The van der Waals surface area contributed by atoms with E-state index in [1.165, 1.54) is 30.4 Å².